The first-order valence-corrected chi connectivity index (χ1v) is 12.0. The number of nitrogens with one attached hydrogen (secondary N) is 1. The summed E-state index contributed by atoms with van der Waals surface area (Å²) in [5, 5.41) is 2.96. The lowest BCUT2D eigenvalue weighted by Crippen LogP contribution is -2.25. The van der Waals surface area contributed by atoms with Crippen LogP contribution in [0.1, 0.15) is 47.1 Å². The first-order chi connectivity index (χ1) is 17.7. The molecule has 3 aromatic carbocycles. The van der Waals surface area contributed by atoms with Crippen LogP contribution >= 0.6 is 0 Å². The molecule has 0 unspecified atom stereocenters. The predicted octanol–water partition coefficient (Wildman–Crippen LogP) is 6.94. The van der Waals surface area contributed by atoms with E-state index in [4.69, 9.17) is 9.47 Å². The summed E-state index contributed by atoms with van der Waals surface area (Å²) in [7, 11) is 1.61. The van der Waals surface area contributed by atoms with Gasteiger partial charge in [-0.15, -0.1) is 0 Å². The third-order valence-electron chi connectivity index (χ3n) is 5.78. The number of esters is 1. The highest BCUT2D eigenvalue weighted by Gasteiger charge is 2.23. The number of ether oxygens (including phenoxy) is 2. The lowest BCUT2D eigenvalue weighted by atomic mass is 9.99. The molecule has 0 radical (unpaired) electrons. The molecule has 0 aliphatic rings. The van der Waals surface area contributed by atoms with Crippen molar-refractivity contribution in [3.8, 4) is 28.0 Å². The van der Waals surface area contributed by atoms with Crippen molar-refractivity contribution in [2.45, 2.75) is 33.3 Å². The number of carbonyl (C=O) groups is 2. The van der Waals surface area contributed by atoms with Crippen molar-refractivity contribution in [2.24, 2.45) is 0 Å². The van der Waals surface area contributed by atoms with Gasteiger partial charge in [0.05, 0.1) is 18.4 Å². The van der Waals surface area contributed by atoms with Gasteiger partial charge in [0.1, 0.15) is 11.4 Å². The number of nitrogens with zero attached hydrogens (tertiary/aromatic N) is 1. The molecule has 0 bridgehead atoms. The van der Waals surface area contributed by atoms with E-state index >= 15 is 0 Å². The Balaban J connectivity index is 1.76. The number of methoxy groups -OCH3 is 1. The number of benzene rings is 3. The highest BCUT2D eigenvalue weighted by molar-refractivity contribution is 6.09. The van der Waals surface area contributed by atoms with E-state index in [-0.39, 0.29) is 11.5 Å². The van der Waals surface area contributed by atoms with E-state index in [9.17, 15) is 9.59 Å². The first kappa shape index (κ1) is 25.6. The Labute approximate surface area is 217 Å². The molecule has 0 spiro atoms. The van der Waals surface area contributed by atoms with Gasteiger partial charge in [-0.25, -0.2) is 4.79 Å². The maximum Gasteiger partial charge on any atom is 0.340 e. The molecule has 1 aromatic heterocycles. The number of pyridine rings is 1. The van der Waals surface area contributed by atoms with Crippen LogP contribution in [-0.4, -0.2) is 29.6 Å². The maximum absolute atomic E-state index is 13.5. The topological polar surface area (TPSA) is 77.5 Å². The predicted molar refractivity (Wildman–Crippen MR) is 146 cm³/mol. The van der Waals surface area contributed by atoms with Crippen LogP contribution in [0, 0.1) is 6.92 Å². The molecule has 0 saturated carbocycles. The zero-order chi connectivity index (χ0) is 26.6. The summed E-state index contributed by atoms with van der Waals surface area (Å²) in [5.41, 5.74) is 4.66. The molecule has 6 heteroatoms. The molecule has 4 rings (SSSR count). The standard InChI is InChI=1S/C31H30N2O4/c1-20-12-13-21(23-9-8-16-32-19-23)17-26(20)29(34)33-27-18-22(24-10-6-7-11-28(24)36-5)14-15-25(27)30(35)37-31(2,3)4/h6-19H,1-5H3,(H,33,34). The van der Waals surface area contributed by atoms with E-state index in [0.717, 1.165) is 27.8 Å². The van der Waals surface area contributed by atoms with Crippen LogP contribution in [0.25, 0.3) is 22.3 Å². The number of rotatable bonds is 6. The van der Waals surface area contributed by atoms with Gasteiger partial charge in [0, 0.05) is 29.1 Å². The number of anilines is 1. The molecule has 0 saturated heterocycles. The lowest BCUT2D eigenvalue weighted by molar-refractivity contribution is 0.00708. The molecule has 0 fully saturated rings. The molecule has 0 atom stereocenters. The summed E-state index contributed by atoms with van der Waals surface area (Å²) in [6, 6.07) is 22.3. The zero-order valence-electron chi connectivity index (χ0n) is 21.7. The van der Waals surface area contributed by atoms with Crippen LogP contribution in [0.4, 0.5) is 5.69 Å². The van der Waals surface area contributed by atoms with Crippen LogP contribution in [0.2, 0.25) is 0 Å². The van der Waals surface area contributed by atoms with Gasteiger partial charge in [0.15, 0.2) is 0 Å². The van der Waals surface area contributed by atoms with Gasteiger partial charge in [-0.3, -0.25) is 9.78 Å². The minimum absolute atomic E-state index is 0.267. The van der Waals surface area contributed by atoms with Crippen LogP contribution in [-0.2, 0) is 4.74 Å². The van der Waals surface area contributed by atoms with E-state index in [1.807, 2.05) is 67.6 Å². The lowest BCUT2D eigenvalue weighted by Gasteiger charge is -2.21. The molecule has 37 heavy (non-hydrogen) atoms. The second-order valence-corrected chi connectivity index (χ2v) is 9.69. The second-order valence-electron chi connectivity index (χ2n) is 9.69. The number of amides is 1. The van der Waals surface area contributed by atoms with Crippen LogP contribution in [0.5, 0.6) is 5.75 Å². The first-order valence-electron chi connectivity index (χ1n) is 12.0. The summed E-state index contributed by atoms with van der Waals surface area (Å²) in [6.45, 7) is 7.29. The Morgan fingerprint density at radius 1 is 0.838 bits per heavy atom. The SMILES string of the molecule is COc1ccccc1-c1ccc(C(=O)OC(C)(C)C)c(NC(=O)c2cc(-c3cccnc3)ccc2C)c1. The maximum atomic E-state index is 13.5. The Morgan fingerprint density at radius 3 is 2.30 bits per heavy atom. The van der Waals surface area contributed by atoms with Gasteiger partial charge in [-0.05, 0) is 74.7 Å². The van der Waals surface area contributed by atoms with E-state index < -0.39 is 11.6 Å². The van der Waals surface area contributed by atoms with Crippen molar-refractivity contribution in [3.63, 3.8) is 0 Å². The van der Waals surface area contributed by atoms with Gasteiger partial charge in [0.2, 0.25) is 0 Å². The number of carbonyl (C=O) groups excluding carboxylic acids is 2. The third kappa shape index (κ3) is 6.04. The van der Waals surface area contributed by atoms with Crippen molar-refractivity contribution >= 4 is 17.6 Å². The summed E-state index contributed by atoms with van der Waals surface area (Å²) >= 11 is 0. The molecule has 0 aliphatic carbocycles. The zero-order valence-corrected chi connectivity index (χ0v) is 21.7. The Hall–Kier alpha value is -4.45. The average molecular weight is 495 g/mol. The monoisotopic (exact) mass is 494 g/mol. The fourth-order valence-corrected chi connectivity index (χ4v) is 3.98. The van der Waals surface area contributed by atoms with Gasteiger partial charge in [0.25, 0.3) is 5.91 Å². The van der Waals surface area contributed by atoms with Gasteiger partial charge in [-0.2, -0.15) is 0 Å². The van der Waals surface area contributed by atoms with Crippen molar-refractivity contribution in [1.29, 1.82) is 0 Å². The minimum atomic E-state index is -0.686. The quantitative estimate of drug-likeness (QED) is 0.294. The van der Waals surface area contributed by atoms with Crippen LogP contribution < -0.4 is 10.1 Å². The van der Waals surface area contributed by atoms with Crippen molar-refractivity contribution < 1.29 is 19.1 Å². The molecular formula is C31H30N2O4. The van der Waals surface area contributed by atoms with Gasteiger partial charge < -0.3 is 14.8 Å². The number of aromatic nitrogens is 1. The highest BCUT2D eigenvalue weighted by atomic mass is 16.6. The fraction of sp³-hybridized carbons (Fsp3) is 0.194. The number of hydrogen-bond donors (Lipinski definition) is 1. The van der Waals surface area contributed by atoms with E-state index in [2.05, 4.69) is 10.3 Å². The Kier molecular flexibility index (Phi) is 7.39. The second kappa shape index (κ2) is 10.7. The smallest absolute Gasteiger partial charge is 0.340 e. The summed E-state index contributed by atoms with van der Waals surface area (Å²) in [4.78, 5) is 30.8. The highest BCUT2D eigenvalue weighted by Crippen LogP contribution is 2.33. The largest absolute Gasteiger partial charge is 0.496 e. The van der Waals surface area contributed by atoms with Crippen molar-refractivity contribution in [2.75, 3.05) is 12.4 Å². The normalized spacial score (nSPS) is 11.1. The molecule has 1 N–H and O–H groups in total. The molecule has 6 nitrogen and oxygen atoms in total. The van der Waals surface area contributed by atoms with Crippen LogP contribution in [0.15, 0.2) is 85.2 Å². The van der Waals surface area contributed by atoms with Crippen LogP contribution in [0.3, 0.4) is 0 Å². The number of aryl methyl sites for hydroxylation is 1. The van der Waals surface area contributed by atoms with Gasteiger partial charge >= 0.3 is 5.97 Å². The third-order valence-corrected chi connectivity index (χ3v) is 5.78. The molecule has 1 amide bonds. The van der Waals surface area contributed by atoms with E-state index in [1.165, 1.54) is 0 Å². The fourth-order valence-electron chi connectivity index (χ4n) is 3.98. The average Bonchev–Trinajstić information content (AvgIpc) is 2.88. The Morgan fingerprint density at radius 2 is 1.59 bits per heavy atom. The molecule has 1 heterocycles. The minimum Gasteiger partial charge on any atom is -0.496 e. The summed E-state index contributed by atoms with van der Waals surface area (Å²) in [6.07, 6.45) is 3.46. The van der Waals surface area contributed by atoms with Crippen molar-refractivity contribution in [3.05, 3.63) is 102 Å². The number of hydrogen-bond acceptors (Lipinski definition) is 5. The molecule has 4 aromatic rings. The van der Waals surface area contributed by atoms with E-state index in [1.54, 1.807) is 52.4 Å². The summed E-state index contributed by atoms with van der Waals surface area (Å²) < 4.78 is 11.1. The van der Waals surface area contributed by atoms with Crippen molar-refractivity contribution in [1.82, 2.24) is 4.98 Å². The molecule has 188 valence electrons. The molecule has 0 aliphatic heterocycles. The van der Waals surface area contributed by atoms with Gasteiger partial charge in [-0.1, -0.05) is 42.5 Å². The Bertz CT molecular complexity index is 1440. The van der Waals surface area contributed by atoms with E-state index in [0.29, 0.717) is 17.0 Å². The summed E-state index contributed by atoms with van der Waals surface area (Å²) in [5.74, 6) is -0.162. The number of para-hydroxylation sites is 1. The molecular weight excluding hydrogens is 464 g/mol.